The Hall–Kier alpha value is -1.79. The number of fused-ring (bicyclic) bond motifs is 1. The number of carbonyl (C=O) groups is 1. The molecular formula is C19H27NO5. The Morgan fingerprint density at radius 2 is 2.20 bits per heavy atom. The number of carboxylic acid groups (broad SMARTS) is 1. The predicted molar refractivity (Wildman–Crippen MR) is 93.0 cm³/mol. The highest BCUT2D eigenvalue weighted by atomic mass is 16.5. The van der Waals surface area contributed by atoms with Gasteiger partial charge >= 0.3 is 6.09 Å². The molecule has 0 radical (unpaired) electrons. The van der Waals surface area contributed by atoms with Crippen molar-refractivity contribution in [2.75, 3.05) is 26.3 Å². The van der Waals surface area contributed by atoms with Gasteiger partial charge in [0.15, 0.2) is 0 Å². The van der Waals surface area contributed by atoms with E-state index in [9.17, 15) is 15.0 Å². The number of benzene rings is 1. The monoisotopic (exact) mass is 349 g/mol. The molecule has 138 valence electrons. The molecule has 25 heavy (non-hydrogen) atoms. The van der Waals surface area contributed by atoms with Crippen LogP contribution in [0.15, 0.2) is 18.2 Å². The summed E-state index contributed by atoms with van der Waals surface area (Å²) in [5, 5.41) is 19.4. The summed E-state index contributed by atoms with van der Waals surface area (Å²) >= 11 is 0. The van der Waals surface area contributed by atoms with Crippen LogP contribution in [0.5, 0.6) is 5.75 Å². The predicted octanol–water partition coefficient (Wildman–Crippen LogP) is 2.84. The van der Waals surface area contributed by atoms with Crippen molar-refractivity contribution < 1.29 is 24.5 Å². The van der Waals surface area contributed by atoms with Crippen LogP contribution in [0, 0.1) is 5.41 Å². The molecule has 1 heterocycles. The van der Waals surface area contributed by atoms with Crippen LogP contribution in [0.25, 0.3) is 0 Å². The van der Waals surface area contributed by atoms with Crippen LogP contribution in [0.4, 0.5) is 4.79 Å². The number of nitrogens with zero attached hydrogens (tertiary/aromatic N) is 1. The SMILES string of the molecule is CC(C)(C)C1(COc2cccc3c2CCC3O)CN(C(=O)O)CCO1. The minimum absolute atomic E-state index is 0.271. The third-order valence-electron chi connectivity index (χ3n) is 5.48. The number of morpholine rings is 1. The van der Waals surface area contributed by atoms with Gasteiger partial charge in [-0.25, -0.2) is 4.79 Å². The standard InChI is InChI=1S/C19H27NO5/c1-18(2,3)19(11-20(17(22)23)9-10-25-19)12-24-16-6-4-5-13-14(16)7-8-15(13)21/h4-6,15,21H,7-12H2,1-3H3,(H,22,23). The average Bonchev–Trinajstić information content (AvgIpc) is 2.94. The van der Waals surface area contributed by atoms with Crippen LogP contribution in [0.2, 0.25) is 0 Å². The van der Waals surface area contributed by atoms with E-state index < -0.39 is 17.8 Å². The van der Waals surface area contributed by atoms with Gasteiger partial charge in [0.2, 0.25) is 0 Å². The van der Waals surface area contributed by atoms with E-state index in [1.54, 1.807) is 0 Å². The van der Waals surface area contributed by atoms with E-state index in [1.165, 1.54) is 4.90 Å². The molecule has 3 rings (SSSR count). The molecule has 1 saturated heterocycles. The number of rotatable bonds is 3. The van der Waals surface area contributed by atoms with Crippen molar-refractivity contribution in [2.24, 2.45) is 5.41 Å². The number of ether oxygens (including phenoxy) is 2. The number of aliphatic hydroxyl groups is 1. The summed E-state index contributed by atoms with van der Waals surface area (Å²) in [6, 6.07) is 5.73. The van der Waals surface area contributed by atoms with E-state index in [0.29, 0.717) is 19.6 Å². The lowest BCUT2D eigenvalue weighted by molar-refractivity contribution is -0.175. The van der Waals surface area contributed by atoms with Crippen molar-refractivity contribution in [3.8, 4) is 5.75 Å². The van der Waals surface area contributed by atoms with Crippen molar-refractivity contribution in [1.82, 2.24) is 4.90 Å². The highest BCUT2D eigenvalue weighted by Gasteiger charge is 2.48. The van der Waals surface area contributed by atoms with Gasteiger partial charge in [0.05, 0.1) is 19.3 Å². The van der Waals surface area contributed by atoms with Crippen LogP contribution >= 0.6 is 0 Å². The fraction of sp³-hybridized carbons (Fsp3) is 0.632. The largest absolute Gasteiger partial charge is 0.490 e. The minimum atomic E-state index is -0.930. The topological polar surface area (TPSA) is 79.2 Å². The average molecular weight is 349 g/mol. The van der Waals surface area contributed by atoms with Crippen LogP contribution in [-0.2, 0) is 11.2 Å². The summed E-state index contributed by atoms with van der Waals surface area (Å²) < 4.78 is 12.2. The van der Waals surface area contributed by atoms with Gasteiger partial charge in [0.25, 0.3) is 0 Å². The first-order valence-corrected chi connectivity index (χ1v) is 8.78. The first kappa shape index (κ1) is 18.0. The Balaban J connectivity index is 1.82. The lowest BCUT2D eigenvalue weighted by Crippen LogP contribution is -2.62. The first-order valence-electron chi connectivity index (χ1n) is 8.78. The second-order valence-electron chi connectivity index (χ2n) is 7.96. The summed E-state index contributed by atoms with van der Waals surface area (Å²) in [6.45, 7) is 7.41. The van der Waals surface area contributed by atoms with E-state index in [0.717, 1.165) is 23.3 Å². The summed E-state index contributed by atoms with van der Waals surface area (Å²) in [7, 11) is 0. The molecule has 2 N–H and O–H groups in total. The van der Waals surface area contributed by atoms with Crippen molar-refractivity contribution in [1.29, 1.82) is 0 Å². The maximum atomic E-state index is 11.4. The fourth-order valence-electron chi connectivity index (χ4n) is 3.63. The lowest BCUT2D eigenvalue weighted by atomic mass is 9.75. The second kappa shape index (κ2) is 6.50. The third kappa shape index (κ3) is 3.33. The van der Waals surface area contributed by atoms with Gasteiger partial charge in [0, 0.05) is 12.1 Å². The van der Waals surface area contributed by atoms with E-state index in [4.69, 9.17) is 9.47 Å². The van der Waals surface area contributed by atoms with E-state index in [-0.39, 0.29) is 18.6 Å². The molecule has 0 aromatic heterocycles. The molecule has 2 atom stereocenters. The second-order valence-corrected chi connectivity index (χ2v) is 7.96. The highest BCUT2D eigenvalue weighted by molar-refractivity contribution is 5.65. The number of amides is 1. The quantitative estimate of drug-likeness (QED) is 0.877. The van der Waals surface area contributed by atoms with Crippen LogP contribution < -0.4 is 4.74 Å². The van der Waals surface area contributed by atoms with Gasteiger partial charge in [-0.05, 0) is 29.9 Å². The molecule has 0 bridgehead atoms. The van der Waals surface area contributed by atoms with Gasteiger partial charge in [0.1, 0.15) is 18.0 Å². The van der Waals surface area contributed by atoms with Crippen LogP contribution in [0.3, 0.4) is 0 Å². The highest BCUT2D eigenvalue weighted by Crippen LogP contribution is 2.40. The molecule has 1 aromatic carbocycles. The van der Waals surface area contributed by atoms with Crippen LogP contribution in [0.1, 0.15) is 44.4 Å². The number of aliphatic hydroxyl groups excluding tert-OH is 1. The van der Waals surface area contributed by atoms with Gasteiger partial charge in [-0.2, -0.15) is 0 Å². The smallest absolute Gasteiger partial charge is 0.407 e. The Morgan fingerprint density at radius 3 is 2.88 bits per heavy atom. The zero-order valence-electron chi connectivity index (χ0n) is 15.1. The van der Waals surface area contributed by atoms with Crippen molar-refractivity contribution in [2.45, 2.75) is 45.3 Å². The molecule has 6 heteroatoms. The molecule has 1 aliphatic heterocycles. The zero-order chi connectivity index (χ0) is 18.2. The maximum Gasteiger partial charge on any atom is 0.407 e. The molecule has 0 spiro atoms. The molecule has 6 nitrogen and oxygen atoms in total. The van der Waals surface area contributed by atoms with E-state index >= 15 is 0 Å². The molecule has 1 amide bonds. The molecule has 1 aromatic rings. The van der Waals surface area contributed by atoms with E-state index in [1.807, 2.05) is 39.0 Å². The summed E-state index contributed by atoms with van der Waals surface area (Å²) in [4.78, 5) is 12.8. The summed E-state index contributed by atoms with van der Waals surface area (Å²) in [5.41, 5.74) is 0.964. The Bertz CT molecular complexity index is 654. The first-order chi connectivity index (χ1) is 11.7. The van der Waals surface area contributed by atoms with Crippen molar-refractivity contribution >= 4 is 6.09 Å². The Morgan fingerprint density at radius 1 is 1.44 bits per heavy atom. The number of hydrogen-bond donors (Lipinski definition) is 2. The van der Waals surface area contributed by atoms with Gasteiger partial charge < -0.3 is 24.6 Å². The van der Waals surface area contributed by atoms with E-state index in [2.05, 4.69) is 0 Å². The van der Waals surface area contributed by atoms with Crippen LogP contribution in [-0.4, -0.2) is 53.1 Å². The normalized spacial score (nSPS) is 26.4. The molecule has 0 saturated carbocycles. The van der Waals surface area contributed by atoms with Gasteiger partial charge in [-0.15, -0.1) is 0 Å². The Labute approximate surface area is 148 Å². The van der Waals surface area contributed by atoms with Gasteiger partial charge in [-0.3, -0.25) is 0 Å². The Kier molecular flexibility index (Phi) is 4.68. The zero-order valence-corrected chi connectivity index (χ0v) is 15.1. The van der Waals surface area contributed by atoms with Crippen molar-refractivity contribution in [3.63, 3.8) is 0 Å². The van der Waals surface area contributed by atoms with Gasteiger partial charge in [-0.1, -0.05) is 32.9 Å². The maximum absolute atomic E-state index is 11.4. The lowest BCUT2D eigenvalue weighted by Gasteiger charge is -2.49. The third-order valence-corrected chi connectivity index (χ3v) is 5.48. The minimum Gasteiger partial charge on any atom is -0.490 e. The molecular weight excluding hydrogens is 322 g/mol. The summed E-state index contributed by atoms with van der Waals surface area (Å²) in [6.07, 6.45) is 0.143. The molecule has 1 fully saturated rings. The molecule has 2 aliphatic rings. The van der Waals surface area contributed by atoms with Crippen molar-refractivity contribution in [3.05, 3.63) is 29.3 Å². The summed E-state index contributed by atoms with van der Waals surface area (Å²) in [5.74, 6) is 0.758. The molecule has 1 aliphatic carbocycles. The fourth-order valence-corrected chi connectivity index (χ4v) is 3.63. The number of hydrogen-bond acceptors (Lipinski definition) is 4. The molecule has 2 unspecified atom stereocenters.